The molecule has 30 heavy (non-hydrogen) atoms. The van der Waals surface area contributed by atoms with E-state index in [-0.39, 0.29) is 5.76 Å². The van der Waals surface area contributed by atoms with Gasteiger partial charge in [0.2, 0.25) is 0 Å². The van der Waals surface area contributed by atoms with Crippen LogP contribution in [0.2, 0.25) is 0 Å². The third-order valence-corrected chi connectivity index (χ3v) is 6.13. The Morgan fingerprint density at radius 3 is 2.03 bits per heavy atom. The molecule has 0 spiro atoms. The molecule has 3 aromatic heterocycles. The molecule has 0 amide bonds. The monoisotopic (exact) mass is 411 g/mol. The fourth-order valence-electron chi connectivity index (χ4n) is 3.74. The van der Waals surface area contributed by atoms with Crippen molar-refractivity contribution in [2.24, 2.45) is 0 Å². The molecule has 5 rings (SSSR count). The summed E-state index contributed by atoms with van der Waals surface area (Å²) in [5.41, 5.74) is 6.18. The van der Waals surface area contributed by atoms with Crippen molar-refractivity contribution in [1.82, 2.24) is 9.97 Å². The van der Waals surface area contributed by atoms with Gasteiger partial charge in [-0.05, 0) is 46.5 Å². The molecule has 1 aliphatic heterocycles. The van der Waals surface area contributed by atoms with Crippen molar-refractivity contribution in [1.29, 1.82) is 0 Å². The number of aromatic nitrogens is 2. The van der Waals surface area contributed by atoms with Crippen molar-refractivity contribution in [2.75, 3.05) is 5.32 Å². The van der Waals surface area contributed by atoms with Gasteiger partial charge < -0.3 is 15.2 Å². The molecule has 6 heteroatoms. The molecule has 1 atom stereocenters. The van der Waals surface area contributed by atoms with E-state index in [1.807, 2.05) is 29.6 Å². The Balaban J connectivity index is 1.60. The summed E-state index contributed by atoms with van der Waals surface area (Å²) < 4.78 is 0. The summed E-state index contributed by atoms with van der Waals surface area (Å²) in [5.74, 6) is 0.126. The number of aliphatic hydroxyl groups is 1. The Kier molecular flexibility index (Phi) is 4.61. The van der Waals surface area contributed by atoms with E-state index in [2.05, 4.69) is 27.4 Å². The highest BCUT2D eigenvalue weighted by Crippen LogP contribution is 2.46. The zero-order chi connectivity index (χ0) is 20.5. The van der Waals surface area contributed by atoms with Gasteiger partial charge in [-0.1, -0.05) is 24.3 Å². The standard InChI is InChI=1S/C24H17N3O2S/c28-13-20-21(18-7-11-26-12-8-18)23(29)22-19(14-30-24(22)27-20)17-3-1-15(2-4-17)16-5-9-25-10-6-16/h1-14,20,27,29H. The number of fused-ring (bicyclic) bond motifs is 1. The molecule has 0 saturated carbocycles. The Hall–Kier alpha value is -3.77. The van der Waals surface area contributed by atoms with Crippen molar-refractivity contribution in [3.8, 4) is 22.3 Å². The maximum absolute atomic E-state index is 11.7. The van der Waals surface area contributed by atoms with E-state index in [9.17, 15) is 9.90 Å². The van der Waals surface area contributed by atoms with Crippen LogP contribution >= 0.6 is 11.3 Å². The van der Waals surface area contributed by atoms with Crippen molar-refractivity contribution >= 4 is 34.0 Å². The van der Waals surface area contributed by atoms with Gasteiger partial charge >= 0.3 is 0 Å². The lowest BCUT2D eigenvalue weighted by molar-refractivity contribution is -0.107. The number of thiophene rings is 1. The van der Waals surface area contributed by atoms with Crippen molar-refractivity contribution in [3.63, 3.8) is 0 Å². The van der Waals surface area contributed by atoms with Crippen LogP contribution in [0, 0.1) is 0 Å². The van der Waals surface area contributed by atoms with Crippen LogP contribution in [0.15, 0.2) is 78.7 Å². The summed E-state index contributed by atoms with van der Waals surface area (Å²) >= 11 is 1.48. The van der Waals surface area contributed by atoms with Crippen LogP contribution in [0.5, 0.6) is 0 Å². The van der Waals surface area contributed by atoms with E-state index < -0.39 is 6.04 Å². The lowest BCUT2D eigenvalue weighted by Crippen LogP contribution is -2.27. The number of rotatable bonds is 4. The number of pyridine rings is 2. The Labute approximate surface area is 177 Å². The Morgan fingerprint density at radius 1 is 0.833 bits per heavy atom. The molecular weight excluding hydrogens is 394 g/mol. The molecule has 0 radical (unpaired) electrons. The lowest BCUT2D eigenvalue weighted by atomic mass is 9.90. The first-order valence-corrected chi connectivity index (χ1v) is 10.3. The molecule has 2 N–H and O–H groups in total. The van der Waals surface area contributed by atoms with Gasteiger partial charge in [-0.2, -0.15) is 0 Å². The second-order valence-electron chi connectivity index (χ2n) is 6.92. The van der Waals surface area contributed by atoms with Gasteiger partial charge in [0.05, 0.1) is 5.56 Å². The number of benzene rings is 1. The first kappa shape index (κ1) is 18.3. The predicted octanol–water partition coefficient (Wildman–Crippen LogP) is 5.29. The van der Waals surface area contributed by atoms with Gasteiger partial charge in [0, 0.05) is 41.3 Å². The number of aldehydes is 1. The highest BCUT2D eigenvalue weighted by Gasteiger charge is 2.31. The maximum atomic E-state index is 11.7. The Bertz CT molecular complexity index is 1230. The van der Waals surface area contributed by atoms with Crippen LogP contribution in [0.25, 0.3) is 33.6 Å². The molecule has 146 valence electrons. The minimum absolute atomic E-state index is 0.126. The van der Waals surface area contributed by atoms with Gasteiger partial charge in [0.1, 0.15) is 23.1 Å². The van der Waals surface area contributed by atoms with Crippen molar-refractivity contribution in [2.45, 2.75) is 6.04 Å². The summed E-state index contributed by atoms with van der Waals surface area (Å²) in [7, 11) is 0. The number of carbonyl (C=O) groups excluding carboxylic acids is 1. The topological polar surface area (TPSA) is 75.1 Å². The molecule has 0 fully saturated rings. The summed E-state index contributed by atoms with van der Waals surface area (Å²) in [4.78, 5) is 19.8. The molecule has 1 aromatic carbocycles. The zero-order valence-corrected chi connectivity index (χ0v) is 16.6. The summed E-state index contributed by atoms with van der Waals surface area (Å²) in [6.07, 6.45) is 7.67. The first-order valence-electron chi connectivity index (χ1n) is 9.44. The third-order valence-electron chi connectivity index (χ3n) is 5.22. The van der Waals surface area contributed by atoms with Crippen LogP contribution < -0.4 is 5.32 Å². The summed E-state index contributed by atoms with van der Waals surface area (Å²) in [6.45, 7) is 0. The van der Waals surface area contributed by atoms with E-state index in [4.69, 9.17) is 0 Å². The molecule has 0 saturated heterocycles. The zero-order valence-electron chi connectivity index (χ0n) is 15.8. The molecule has 5 nitrogen and oxygen atoms in total. The molecule has 4 aromatic rings. The minimum atomic E-state index is -0.611. The normalized spacial score (nSPS) is 15.4. The van der Waals surface area contributed by atoms with Crippen molar-refractivity contribution < 1.29 is 9.90 Å². The highest BCUT2D eigenvalue weighted by molar-refractivity contribution is 7.15. The number of anilines is 1. The lowest BCUT2D eigenvalue weighted by Gasteiger charge is -2.25. The van der Waals surface area contributed by atoms with E-state index in [0.29, 0.717) is 5.57 Å². The van der Waals surface area contributed by atoms with Gasteiger partial charge in [0.25, 0.3) is 0 Å². The third kappa shape index (κ3) is 3.07. The minimum Gasteiger partial charge on any atom is -0.507 e. The number of hydrogen-bond acceptors (Lipinski definition) is 6. The quantitative estimate of drug-likeness (QED) is 0.446. The average Bonchev–Trinajstić information content (AvgIpc) is 3.24. The number of nitrogens with one attached hydrogen (secondary N) is 1. The SMILES string of the molecule is O=CC1Nc2scc(-c3ccc(-c4ccncc4)cc3)c2C(O)=C1c1ccncc1. The highest BCUT2D eigenvalue weighted by atomic mass is 32.1. The number of hydrogen-bond donors (Lipinski definition) is 2. The molecule has 0 bridgehead atoms. The van der Waals surface area contributed by atoms with E-state index in [1.54, 1.807) is 36.9 Å². The van der Waals surface area contributed by atoms with Gasteiger partial charge in [-0.15, -0.1) is 11.3 Å². The number of carbonyl (C=O) groups is 1. The predicted molar refractivity (Wildman–Crippen MR) is 120 cm³/mol. The second-order valence-corrected chi connectivity index (χ2v) is 7.80. The molecule has 1 unspecified atom stereocenters. The van der Waals surface area contributed by atoms with Gasteiger partial charge in [0.15, 0.2) is 0 Å². The fourth-order valence-corrected chi connectivity index (χ4v) is 4.75. The molecule has 4 heterocycles. The van der Waals surface area contributed by atoms with Gasteiger partial charge in [-0.3, -0.25) is 9.97 Å². The maximum Gasteiger partial charge on any atom is 0.146 e. The summed E-state index contributed by atoms with van der Waals surface area (Å²) in [6, 6.07) is 15.1. The van der Waals surface area contributed by atoms with Crippen LogP contribution in [0.1, 0.15) is 11.1 Å². The number of nitrogens with zero attached hydrogens (tertiary/aromatic N) is 2. The molecule has 1 aliphatic rings. The van der Waals surface area contributed by atoms with Crippen molar-refractivity contribution in [3.05, 3.63) is 89.8 Å². The van der Waals surface area contributed by atoms with E-state index in [0.717, 1.165) is 44.7 Å². The number of aliphatic hydroxyl groups excluding tert-OH is 1. The Morgan fingerprint density at radius 2 is 1.40 bits per heavy atom. The second kappa shape index (κ2) is 7.57. The summed E-state index contributed by atoms with van der Waals surface area (Å²) in [5, 5.41) is 17.3. The van der Waals surface area contributed by atoms with Crippen LogP contribution in [0.4, 0.5) is 5.00 Å². The largest absolute Gasteiger partial charge is 0.507 e. The smallest absolute Gasteiger partial charge is 0.146 e. The first-order chi connectivity index (χ1) is 14.8. The molecule has 0 aliphatic carbocycles. The van der Waals surface area contributed by atoms with Crippen LogP contribution in [0.3, 0.4) is 0 Å². The molecular formula is C24H17N3O2S. The van der Waals surface area contributed by atoms with E-state index >= 15 is 0 Å². The van der Waals surface area contributed by atoms with Gasteiger partial charge in [-0.25, -0.2) is 0 Å². The fraction of sp³-hybridized carbons (Fsp3) is 0.0417. The average molecular weight is 411 g/mol. The van der Waals surface area contributed by atoms with Crippen LogP contribution in [-0.4, -0.2) is 27.4 Å². The van der Waals surface area contributed by atoms with Crippen LogP contribution in [-0.2, 0) is 4.79 Å². The van der Waals surface area contributed by atoms with E-state index in [1.165, 1.54) is 11.3 Å².